The summed E-state index contributed by atoms with van der Waals surface area (Å²) in [5, 5.41) is 5.70. The van der Waals surface area contributed by atoms with Gasteiger partial charge < -0.3 is 20.1 Å². The van der Waals surface area contributed by atoms with Crippen molar-refractivity contribution in [2.75, 3.05) is 32.2 Å². The van der Waals surface area contributed by atoms with E-state index in [1.54, 1.807) is 12.1 Å². The summed E-state index contributed by atoms with van der Waals surface area (Å²) < 4.78 is 10.6. The molecule has 3 rings (SSSR count). The maximum atomic E-state index is 12.4. The summed E-state index contributed by atoms with van der Waals surface area (Å²) in [7, 11) is 1.51. The molecule has 0 aromatic heterocycles. The van der Waals surface area contributed by atoms with Crippen molar-refractivity contribution in [3.8, 4) is 5.75 Å². The Morgan fingerprint density at radius 3 is 2.46 bits per heavy atom. The molecule has 2 aromatic rings. The quantitative estimate of drug-likeness (QED) is 0.753. The maximum Gasteiger partial charge on any atom is 0.313 e. The molecule has 148 valence electrons. The van der Waals surface area contributed by atoms with Crippen LogP contribution in [0.3, 0.4) is 0 Å². The van der Waals surface area contributed by atoms with Gasteiger partial charge in [0, 0.05) is 30.9 Å². The van der Waals surface area contributed by atoms with Gasteiger partial charge in [-0.25, -0.2) is 0 Å². The van der Waals surface area contributed by atoms with Crippen LogP contribution in [0.25, 0.3) is 0 Å². The summed E-state index contributed by atoms with van der Waals surface area (Å²) in [6.45, 7) is 1.62. The van der Waals surface area contributed by atoms with Crippen molar-refractivity contribution in [1.82, 2.24) is 5.32 Å². The molecular weight excluding hydrogens is 380 g/mol. The van der Waals surface area contributed by atoms with Crippen LogP contribution >= 0.6 is 11.6 Å². The van der Waals surface area contributed by atoms with E-state index in [9.17, 15) is 9.59 Å². The lowest BCUT2D eigenvalue weighted by Gasteiger charge is -2.37. The SMILES string of the molecule is COc1ccc(NC(=O)C(=O)NCC2(c3ccccc3)CCOCC2)cc1Cl. The molecule has 0 spiro atoms. The van der Waals surface area contributed by atoms with Crippen molar-refractivity contribution in [2.45, 2.75) is 18.3 Å². The Morgan fingerprint density at radius 2 is 1.82 bits per heavy atom. The first-order chi connectivity index (χ1) is 13.5. The average molecular weight is 403 g/mol. The normalized spacial score (nSPS) is 15.5. The van der Waals surface area contributed by atoms with E-state index in [0.29, 0.717) is 36.2 Å². The van der Waals surface area contributed by atoms with Gasteiger partial charge in [-0.05, 0) is 36.6 Å². The number of rotatable bonds is 5. The molecule has 0 unspecified atom stereocenters. The molecule has 2 amide bonds. The average Bonchev–Trinajstić information content (AvgIpc) is 2.73. The second-order valence-electron chi connectivity index (χ2n) is 6.74. The van der Waals surface area contributed by atoms with Crippen LogP contribution in [0.15, 0.2) is 48.5 Å². The molecule has 28 heavy (non-hydrogen) atoms. The van der Waals surface area contributed by atoms with Crippen LogP contribution in [0, 0.1) is 0 Å². The highest BCUT2D eigenvalue weighted by Gasteiger charge is 2.35. The number of methoxy groups -OCH3 is 1. The van der Waals surface area contributed by atoms with Crippen molar-refractivity contribution in [1.29, 1.82) is 0 Å². The van der Waals surface area contributed by atoms with Crippen molar-refractivity contribution < 1.29 is 19.1 Å². The van der Waals surface area contributed by atoms with Crippen molar-refractivity contribution in [3.63, 3.8) is 0 Å². The smallest absolute Gasteiger partial charge is 0.313 e. The fraction of sp³-hybridized carbons (Fsp3) is 0.333. The lowest BCUT2D eigenvalue weighted by Crippen LogP contribution is -2.47. The molecule has 1 aliphatic rings. The standard InChI is InChI=1S/C21H23ClN2O4/c1-27-18-8-7-16(13-17(18)22)24-20(26)19(25)23-14-21(9-11-28-12-10-21)15-5-3-2-4-6-15/h2-8,13H,9-12,14H2,1H3,(H,23,25)(H,24,26). The molecule has 1 heterocycles. The van der Waals surface area contributed by atoms with Crippen molar-refractivity contribution in [2.24, 2.45) is 0 Å². The van der Waals surface area contributed by atoms with Crippen LogP contribution in [0.4, 0.5) is 5.69 Å². The van der Waals surface area contributed by atoms with Gasteiger partial charge in [-0.2, -0.15) is 0 Å². The monoisotopic (exact) mass is 402 g/mol. The molecule has 0 radical (unpaired) electrons. The highest BCUT2D eigenvalue weighted by Crippen LogP contribution is 2.34. The van der Waals surface area contributed by atoms with Gasteiger partial charge in [-0.3, -0.25) is 9.59 Å². The zero-order valence-electron chi connectivity index (χ0n) is 15.7. The Kier molecular flexibility index (Phi) is 6.54. The third-order valence-corrected chi connectivity index (χ3v) is 5.33. The van der Waals surface area contributed by atoms with E-state index in [1.165, 1.54) is 13.2 Å². The van der Waals surface area contributed by atoms with Crippen LogP contribution in [-0.2, 0) is 19.7 Å². The first-order valence-electron chi connectivity index (χ1n) is 9.10. The number of nitrogens with one attached hydrogen (secondary N) is 2. The van der Waals surface area contributed by atoms with E-state index in [4.69, 9.17) is 21.1 Å². The first kappa shape index (κ1) is 20.2. The van der Waals surface area contributed by atoms with Gasteiger partial charge in [0.15, 0.2) is 0 Å². The van der Waals surface area contributed by atoms with E-state index in [0.717, 1.165) is 18.4 Å². The van der Waals surface area contributed by atoms with Gasteiger partial charge in [0.05, 0.1) is 12.1 Å². The number of amides is 2. The van der Waals surface area contributed by atoms with Gasteiger partial charge in [0.25, 0.3) is 0 Å². The number of benzene rings is 2. The number of halogens is 1. The number of carbonyl (C=O) groups is 2. The van der Waals surface area contributed by atoms with Gasteiger partial charge in [-0.15, -0.1) is 0 Å². The first-order valence-corrected chi connectivity index (χ1v) is 9.48. The third kappa shape index (κ3) is 4.64. The molecule has 0 saturated carbocycles. The van der Waals surface area contributed by atoms with E-state index in [1.807, 2.05) is 18.2 Å². The zero-order valence-corrected chi connectivity index (χ0v) is 16.4. The minimum absolute atomic E-state index is 0.237. The molecule has 2 aromatic carbocycles. The Labute approximate surface area is 169 Å². The van der Waals surface area contributed by atoms with Crippen LogP contribution in [0.5, 0.6) is 5.75 Å². The molecule has 1 fully saturated rings. The van der Waals surface area contributed by atoms with E-state index in [2.05, 4.69) is 22.8 Å². The minimum Gasteiger partial charge on any atom is -0.495 e. The van der Waals surface area contributed by atoms with Crippen LogP contribution in [-0.4, -0.2) is 38.7 Å². The fourth-order valence-corrected chi connectivity index (χ4v) is 3.64. The summed E-state index contributed by atoms with van der Waals surface area (Å²) >= 11 is 6.05. The van der Waals surface area contributed by atoms with Gasteiger partial charge >= 0.3 is 11.8 Å². The largest absolute Gasteiger partial charge is 0.495 e. The van der Waals surface area contributed by atoms with E-state index < -0.39 is 11.8 Å². The van der Waals surface area contributed by atoms with Crippen molar-refractivity contribution in [3.05, 3.63) is 59.1 Å². The highest BCUT2D eigenvalue weighted by atomic mass is 35.5. The predicted molar refractivity (Wildman–Crippen MR) is 108 cm³/mol. The molecule has 2 N–H and O–H groups in total. The highest BCUT2D eigenvalue weighted by molar-refractivity contribution is 6.40. The second kappa shape index (κ2) is 9.08. The number of carbonyl (C=O) groups excluding carboxylic acids is 2. The topological polar surface area (TPSA) is 76.7 Å². The molecule has 6 nitrogen and oxygen atoms in total. The van der Waals surface area contributed by atoms with E-state index in [-0.39, 0.29) is 5.41 Å². The second-order valence-corrected chi connectivity index (χ2v) is 7.15. The number of hydrogen-bond donors (Lipinski definition) is 2. The molecule has 1 aliphatic heterocycles. The molecule has 1 saturated heterocycles. The Morgan fingerprint density at radius 1 is 1.11 bits per heavy atom. The third-order valence-electron chi connectivity index (χ3n) is 5.04. The molecule has 0 aliphatic carbocycles. The summed E-state index contributed by atoms with van der Waals surface area (Å²) in [6, 6.07) is 14.8. The minimum atomic E-state index is -0.739. The van der Waals surface area contributed by atoms with Gasteiger partial charge in [-0.1, -0.05) is 41.9 Å². The van der Waals surface area contributed by atoms with Crippen LogP contribution in [0.1, 0.15) is 18.4 Å². The van der Waals surface area contributed by atoms with E-state index >= 15 is 0 Å². The lowest BCUT2D eigenvalue weighted by molar-refractivity contribution is -0.136. The van der Waals surface area contributed by atoms with Crippen LogP contribution in [0.2, 0.25) is 5.02 Å². The Bertz CT molecular complexity index is 836. The summed E-state index contributed by atoms with van der Waals surface area (Å²) in [6.07, 6.45) is 1.57. The molecule has 7 heteroatoms. The van der Waals surface area contributed by atoms with Crippen molar-refractivity contribution >= 4 is 29.1 Å². The summed E-state index contributed by atoms with van der Waals surface area (Å²) in [5.41, 5.74) is 1.33. The van der Waals surface area contributed by atoms with Crippen LogP contribution < -0.4 is 15.4 Å². The fourth-order valence-electron chi connectivity index (χ4n) is 3.38. The molecule has 0 atom stereocenters. The molecule has 0 bridgehead atoms. The van der Waals surface area contributed by atoms with Gasteiger partial charge in [0.2, 0.25) is 0 Å². The molecular formula is C21H23ClN2O4. The number of hydrogen-bond acceptors (Lipinski definition) is 4. The number of ether oxygens (including phenoxy) is 2. The zero-order chi connectivity index (χ0) is 20.0. The van der Waals surface area contributed by atoms with Gasteiger partial charge in [0.1, 0.15) is 5.75 Å². The summed E-state index contributed by atoms with van der Waals surface area (Å²) in [4.78, 5) is 24.6. The summed E-state index contributed by atoms with van der Waals surface area (Å²) in [5.74, 6) is -0.932. The predicted octanol–water partition coefficient (Wildman–Crippen LogP) is 3.15. The Hall–Kier alpha value is -2.57. The lowest BCUT2D eigenvalue weighted by atomic mass is 9.74. The Balaban J connectivity index is 1.64. The maximum absolute atomic E-state index is 12.4. The number of anilines is 1.